The highest BCUT2D eigenvalue weighted by atomic mass is 16.1. The van der Waals surface area contributed by atoms with Crippen LogP contribution < -0.4 is 11.1 Å². The average Bonchev–Trinajstić information content (AvgIpc) is 2.92. The number of aromatic nitrogens is 1. The van der Waals surface area contributed by atoms with Crippen LogP contribution in [0.1, 0.15) is 31.2 Å². The molecule has 0 aliphatic heterocycles. The van der Waals surface area contributed by atoms with E-state index in [2.05, 4.69) is 15.2 Å². The van der Waals surface area contributed by atoms with E-state index in [4.69, 9.17) is 5.73 Å². The molecule has 5 nitrogen and oxygen atoms in total. The molecule has 0 bridgehead atoms. The molecular weight excluding hydrogens is 240 g/mol. The number of hydrogen-bond donors (Lipinski definition) is 2. The SMILES string of the molecule is CNc1ncccc1CN(CC(N)=O)C1CCCC1. The molecule has 0 unspecified atom stereocenters. The number of rotatable bonds is 6. The number of anilines is 1. The number of pyridine rings is 1. The fourth-order valence-electron chi connectivity index (χ4n) is 2.79. The predicted molar refractivity (Wildman–Crippen MR) is 75.6 cm³/mol. The molecule has 0 aromatic carbocycles. The molecule has 0 saturated heterocycles. The normalized spacial score (nSPS) is 15.9. The number of nitrogens with one attached hydrogen (secondary N) is 1. The van der Waals surface area contributed by atoms with Gasteiger partial charge in [-0.25, -0.2) is 4.98 Å². The van der Waals surface area contributed by atoms with Crippen LogP contribution in [0.2, 0.25) is 0 Å². The molecule has 1 saturated carbocycles. The minimum absolute atomic E-state index is 0.262. The molecule has 0 radical (unpaired) electrons. The molecule has 1 aliphatic carbocycles. The summed E-state index contributed by atoms with van der Waals surface area (Å²) in [5.41, 5.74) is 6.48. The van der Waals surface area contributed by atoms with Crippen LogP contribution in [0.5, 0.6) is 0 Å². The lowest BCUT2D eigenvalue weighted by molar-refractivity contribution is -0.119. The van der Waals surface area contributed by atoms with Gasteiger partial charge >= 0.3 is 0 Å². The lowest BCUT2D eigenvalue weighted by Crippen LogP contribution is -2.39. The van der Waals surface area contributed by atoms with Gasteiger partial charge in [-0.3, -0.25) is 9.69 Å². The van der Waals surface area contributed by atoms with Crippen LogP contribution in [0.25, 0.3) is 0 Å². The van der Waals surface area contributed by atoms with Gasteiger partial charge in [0.1, 0.15) is 5.82 Å². The summed E-state index contributed by atoms with van der Waals surface area (Å²) in [5.74, 6) is 0.608. The van der Waals surface area contributed by atoms with Crippen LogP contribution >= 0.6 is 0 Å². The number of nitrogens with two attached hydrogens (primary N) is 1. The van der Waals surface area contributed by atoms with Crippen molar-refractivity contribution in [2.24, 2.45) is 5.73 Å². The van der Waals surface area contributed by atoms with Gasteiger partial charge in [0, 0.05) is 31.4 Å². The Bertz CT molecular complexity index is 429. The third kappa shape index (κ3) is 3.67. The first kappa shape index (κ1) is 13.8. The van der Waals surface area contributed by atoms with Crippen molar-refractivity contribution in [1.82, 2.24) is 9.88 Å². The van der Waals surface area contributed by atoms with E-state index in [0.717, 1.165) is 30.8 Å². The molecule has 3 N–H and O–H groups in total. The number of carbonyl (C=O) groups is 1. The van der Waals surface area contributed by atoms with Crippen molar-refractivity contribution in [2.45, 2.75) is 38.3 Å². The van der Waals surface area contributed by atoms with Crippen LogP contribution in [0, 0.1) is 0 Å². The quantitative estimate of drug-likeness (QED) is 0.812. The summed E-state index contributed by atoms with van der Waals surface area (Å²) in [6, 6.07) is 4.44. The Hall–Kier alpha value is -1.62. The first-order chi connectivity index (χ1) is 9.20. The van der Waals surface area contributed by atoms with Crippen LogP contribution in [-0.4, -0.2) is 35.4 Å². The summed E-state index contributed by atoms with van der Waals surface area (Å²) in [7, 11) is 1.86. The maximum Gasteiger partial charge on any atom is 0.231 e. The summed E-state index contributed by atoms with van der Waals surface area (Å²) in [5, 5.41) is 3.09. The van der Waals surface area contributed by atoms with Crippen LogP contribution in [0.3, 0.4) is 0 Å². The molecule has 5 heteroatoms. The van der Waals surface area contributed by atoms with Gasteiger partial charge in [0.15, 0.2) is 0 Å². The Kier molecular flexibility index (Phi) is 4.74. The van der Waals surface area contributed by atoms with Gasteiger partial charge in [0.05, 0.1) is 6.54 Å². The Labute approximate surface area is 114 Å². The van der Waals surface area contributed by atoms with Gasteiger partial charge in [0.25, 0.3) is 0 Å². The summed E-state index contributed by atoms with van der Waals surface area (Å²) in [4.78, 5) is 17.8. The fraction of sp³-hybridized carbons (Fsp3) is 0.571. The van der Waals surface area contributed by atoms with Gasteiger partial charge in [-0.15, -0.1) is 0 Å². The van der Waals surface area contributed by atoms with Crippen molar-refractivity contribution in [3.8, 4) is 0 Å². The molecule has 1 heterocycles. The molecule has 1 amide bonds. The zero-order valence-electron chi connectivity index (χ0n) is 11.4. The highest BCUT2D eigenvalue weighted by molar-refractivity contribution is 5.76. The largest absolute Gasteiger partial charge is 0.373 e. The predicted octanol–water partition coefficient (Wildman–Crippen LogP) is 1.35. The topological polar surface area (TPSA) is 71.2 Å². The Morgan fingerprint density at radius 2 is 2.26 bits per heavy atom. The first-order valence-electron chi connectivity index (χ1n) is 6.84. The van der Waals surface area contributed by atoms with Crippen LogP contribution in [0.15, 0.2) is 18.3 Å². The maximum absolute atomic E-state index is 11.3. The Morgan fingerprint density at radius 3 is 2.89 bits per heavy atom. The van der Waals surface area contributed by atoms with E-state index in [1.807, 2.05) is 19.2 Å². The van der Waals surface area contributed by atoms with E-state index in [0.29, 0.717) is 12.6 Å². The zero-order chi connectivity index (χ0) is 13.7. The summed E-state index contributed by atoms with van der Waals surface area (Å²) in [6.45, 7) is 1.04. The third-order valence-electron chi connectivity index (χ3n) is 3.70. The summed E-state index contributed by atoms with van der Waals surface area (Å²) in [6.07, 6.45) is 6.56. The molecule has 1 aromatic rings. The third-order valence-corrected chi connectivity index (χ3v) is 3.70. The molecule has 1 fully saturated rings. The second-order valence-electron chi connectivity index (χ2n) is 5.07. The smallest absolute Gasteiger partial charge is 0.231 e. The summed E-state index contributed by atoms with van der Waals surface area (Å²) < 4.78 is 0. The highest BCUT2D eigenvalue weighted by Gasteiger charge is 2.24. The Balaban J connectivity index is 2.12. The van der Waals surface area contributed by atoms with Crippen LogP contribution in [-0.2, 0) is 11.3 Å². The van der Waals surface area contributed by atoms with E-state index in [9.17, 15) is 4.79 Å². The van der Waals surface area contributed by atoms with Crippen molar-refractivity contribution >= 4 is 11.7 Å². The van der Waals surface area contributed by atoms with Crippen LogP contribution in [0.4, 0.5) is 5.82 Å². The molecule has 1 aliphatic rings. The number of hydrogen-bond acceptors (Lipinski definition) is 4. The van der Waals surface area contributed by atoms with Gasteiger partial charge < -0.3 is 11.1 Å². The van der Waals surface area contributed by atoms with Crippen molar-refractivity contribution in [3.05, 3.63) is 23.9 Å². The minimum atomic E-state index is -0.262. The monoisotopic (exact) mass is 262 g/mol. The van der Waals surface area contributed by atoms with E-state index in [1.54, 1.807) is 6.20 Å². The molecular formula is C14H22N4O. The first-order valence-corrected chi connectivity index (χ1v) is 6.84. The molecule has 104 valence electrons. The van der Waals surface area contributed by atoms with Crippen molar-refractivity contribution in [1.29, 1.82) is 0 Å². The lowest BCUT2D eigenvalue weighted by atomic mass is 10.1. The van der Waals surface area contributed by atoms with Crippen molar-refractivity contribution in [2.75, 3.05) is 18.9 Å². The maximum atomic E-state index is 11.3. The van der Waals surface area contributed by atoms with E-state index < -0.39 is 0 Å². The van der Waals surface area contributed by atoms with E-state index in [1.165, 1.54) is 12.8 Å². The molecule has 19 heavy (non-hydrogen) atoms. The fourth-order valence-corrected chi connectivity index (χ4v) is 2.79. The second-order valence-corrected chi connectivity index (χ2v) is 5.07. The molecule has 2 rings (SSSR count). The second kappa shape index (κ2) is 6.52. The standard InChI is InChI=1S/C14H22N4O/c1-16-14-11(5-4-8-17-14)9-18(10-13(15)19)12-6-2-3-7-12/h4-5,8,12H,2-3,6-7,9-10H2,1H3,(H2,15,19)(H,16,17). The molecule has 0 spiro atoms. The zero-order valence-corrected chi connectivity index (χ0v) is 11.4. The Morgan fingerprint density at radius 1 is 1.53 bits per heavy atom. The van der Waals surface area contributed by atoms with E-state index >= 15 is 0 Å². The number of carbonyl (C=O) groups excluding carboxylic acids is 1. The molecule has 1 aromatic heterocycles. The van der Waals surface area contributed by atoms with Gasteiger partial charge in [-0.05, 0) is 18.9 Å². The van der Waals surface area contributed by atoms with Crippen molar-refractivity contribution < 1.29 is 4.79 Å². The van der Waals surface area contributed by atoms with Gasteiger partial charge in [0.2, 0.25) is 5.91 Å². The average molecular weight is 262 g/mol. The molecule has 0 atom stereocenters. The number of amides is 1. The highest BCUT2D eigenvalue weighted by Crippen LogP contribution is 2.25. The lowest BCUT2D eigenvalue weighted by Gasteiger charge is -2.28. The van der Waals surface area contributed by atoms with Gasteiger partial charge in [-0.1, -0.05) is 18.9 Å². The van der Waals surface area contributed by atoms with Gasteiger partial charge in [-0.2, -0.15) is 0 Å². The minimum Gasteiger partial charge on any atom is -0.373 e. The van der Waals surface area contributed by atoms with E-state index in [-0.39, 0.29) is 5.91 Å². The number of nitrogens with zero attached hydrogens (tertiary/aromatic N) is 2. The van der Waals surface area contributed by atoms with Crippen molar-refractivity contribution in [3.63, 3.8) is 0 Å². The summed E-state index contributed by atoms with van der Waals surface area (Å²) >= 11 is 0. The number of primary amides is 1.